The number of hydrogen-bond donors (Lipinski definition) is 1. The number of carbonyl (C=O) groups excluding carboxylic acids is 1. The summed E-state index contributed by atoms with van der Waals surface area (Å²) in [5.74, 6) is 0.0875. The second kappa shape index (κ2) is 6.93. The molecule has 1 rings (SSSR count). The van der Waals surface area contributed by atoms with Crippen molar-refractivity contribution < 1.29 is 4.79 Å². The van der Waals surface area contributed by atoms with Gasteiger partial charge in [0.25, 0.3) is 0 Å². The summed E-state index contributed by atoms with van der Waals surface area (Å²) in [6.07, 6.45) is 2.05. The average molecular weight is 312 g/mol. The topological polar surface area (TPSA) is 29.1 Å². The summed E-state index contributed by atoms with van der Waals surface area (Å²) in [6.45, 7) is 6.78. The van der Waals surface area contributed by atoms with Crippen LogP contribution in [0.25, 0.3) is 0 Å². The molecule has 1 amide bonds. The minimum absolute atomic E-state index is 0.0875. The zero-order chi connectivity index (χ0) is 13.6. The standard InChI is InChI=1S/C15H22BrNO/c1-4-13(16)10-11-17-14(18)15(2,3)12-8-6-5-7-9-12/h5-9,13H,4,10-11H2,1-3H3,(H,17,18). The molecule has 1 unspecified atom stereocenters. The van der Waals surface area contributed by atoms with E-state index in [1.54, 1.807) is 0 Å². The van der Waals surface area contributed by atoms with E-state index in [0.29, 0.717) is 4.83 Å². The van der Waals surface area contributed by atoms with Gasteiger partial charge in [-0.15, -0.1) is 0 Å². The second-order valence-corrected chi connectivity index (χ2v) is 6.34. The average Bonchev–Trinajstić information content (AvgIpc) is 2.39. The molecule has 0 aromatic heterocycles. The van der Waals surface area contributed by atoms with Crippen LogP contribution in [0, 0.1) is 0 Å². The third kappa shape index (κ3) is 4.13. The Kier molecular flexibility index (Phi) is 5.86. The van der Waals surface area contributed by atoms with Crippen LogP contribution in [-0.4, -0.2) is 17.3 Å². The van der Waals surface area contributed by atoms with Crippen LogP contribution >= 0.6 is 15.9 Å². The largest absolute Gasteiger partial charge is 0.355 e. The lowest BCUT2D eigenvalue weighted by molar-refractivity contribution is -0.125. The van der Waals surface area contributed by atoms with Crippen LogP contribution in [0.5, 0.6) is 0 Å². The van der Waals surface area contributed by atoms with Gasteiger partial charge in [-0.05, 0) is 32.3 Å². The van der Waals surface area contributed by atoms with E-state index >= 15 is 0 Å². The van der Waals surface area contributed by atoms with Crippen LogP contribution in [0.4, 0.5) is 0 Å². The highest BCUT2D eigenvalue weighted by atomic mass is 79.9. The molecule has 1 aromatic rings. The minimum atomic E-state index is -0.477. The van der Waals surface area contributed by atoms with Gasteiger partial charge in [0.15, 0.2) is 0 Å². The zero-order valence-corrected chi connectivity index (χ0v) is 13.0. The Hall–Kier alpha value is -0.830. The summed E-state index contributed by atoms with van der Waals surface area (Å²) >= 11 is 3.57. The molecular weight excluding hydrogens is 290 g/mol. The Morgan fingerprint density at radius 1 is 1.33 bits per heavy atom. The molecule has 3 heteroatoms. The van der Waals surface area contributed by atoms with Gasteiger partial charge in [-0.1, -0.05) is 53.2 Å². The molecule has 1 N–H and O–H groups in total. The van der Waals surface area contributed by atoms with E-state index in [1.807, 2.05) is 44.2 Å². The molecule has 1 aromatic carbocycles. The first-order valence-corrected chi connectivity index (χ1v) is 7.38. The molecule has 0 aliphatic rings. The van der Waals surface area contributed by atoms with Crippen molar-refractivity contribution >= 4 is 21.8 Å². The van der Waals surface area contributed by atoms with Crippen molar-refractivity contribution in [3.8, 4) is 0 Å². The fourth-order valence-corrected chi connectivity index (χ4v) is 1.98. The monoisotopic (exact) mass is 311 g/mol. The van der Waals surface area contributed by atoms with E-state index in [-0.39, 0.29) is 5.91 Å². The van der Waals surface area contributed by atoms with Crippen molar-refractivity contribution in [2.24, 2.45) is 0 Å². The first kappa shape index (κ1) is 15.2. The predicted octanol–water partition coefficient (Wildman–Crippen LogP) is 3.64. The van der Waals surface area contributed by atoms with Crippen LogP contribution in [0.2, 0.25) is 0 Å². The van der Waals surface area contributed by atoms with E-state index in [0.717, 1.165) is 24.9 Å². The highest BCUT2D eigenvalue weighted by Gasteiger charge is 2.29. The SMILES string of the molecule is CCC(Br)CCNC(=O)C(C)(C)c1ccccc1. The molecule has 0 saturated heterocycles. The molecule has 0 radical (unpaired) electrons. The van der Waals surface area contributed by atoms with Gasteiger partial charge in [-0.25, -0.2) is 0 Å². The number of benzene rings is 1. The van der Waals surface area contributed by atoms with Crippen LogP contribution < -0.4 is 5.32 Å². The number of hydrogen-bond acceptors (Lipinski definition) is 1. The zero-order valence-electron chi connectivity index (χ0n) is 11.4. The van der Waals surface area contributed by atoms with Crippen molar-refractivity contribution in [2.75, 3.05) is 6.54 Å². The molecule has 0 aliphatic carbocycles. The molecule has 0 spiro atoms. The van der Waals surface area contributed by atoms with E-state index in [4.69, 9.17) is 0 Å². The normalized spacial score (nSPS) is 13.1. The fraction of sp³-hybridized carbons (Fsp3) is 0.533. The van der Waals surface area contributed by atoms with E-state index in [2.05, 4.69) is 28.2 Å². The first-order chi connectivity index (χ1) is 8.48. The smallest absolute Gasteiger partial charge is 0.230 e. The number of halogens is 1. The number of nitrogens with one attached hydrogen (secondary N) is 1. The van der Waals surface area contributed by atoms with Crippen LogP contribution in [0.1, 0.15) is 39.2 Å². The molecule has 18 heavy (non-hydrogen) atoms. The third-order valence-corrected chi connectivity index (χ3v) is 4.35. The van der Waals surface area contributed by atoms with Gasteiger partial charge in [0.2, 0.25) is 5.91 Å². The summed E-state index contributed by atoms with van der Waals surface area (Å²) in [6, 6.07) is 9.90. The van der Waals surface area contributed by atoms with Crippen molar-refractivity contribution in [3.63, 3.8) is 0 Å². The molecule has 0 heterocycles. The molecular formula is C15H22BrNO. The maximum Gasteiger partial charge on any atom is 0.230 e. The Morgan fingerprint density at radius 2 is 1.94 bits per heavy atom. The summed E-state index contributed by atoms with van der Waals surface area (Å²) < 4.78 is 0. The number of amides is 1. The van der Waals surface area contributed by atoms with Gasteiger partial charge in [-0.3, -0.25) is 4.79 Å². The van der Waals surface area contributed by atoms with E-state index in [1.165, 1.54) is 0 Å². The van der Waals surface area contributed by atoms with Crippen LogP contribution in [0.15, 0.2) is 30.3 Å². The summed E-state index contributed by atoms with van der Waals surface area (Å²) in [5, 5.41) is 3.02. The fourth-order valence-electron chi connectivity index (χ4n) is 1.75. The highest BCUT2D eigenvalue weighted by molar-refractivity contribution is 9.09. The molecule has 100 valence electrons. The molecule has 0 bridgehead atoms. The molecule has 1 atom stereocenters. The Labute approximate surface area is 118 Å². The Bertz CT molecular complexity index is 375. The van der Waals surface area contributed by atoms with Gasteiger partial charge in [-0.2, -0.15) is 0 Å². The van der Waals surface area contributed by atoms with Gasteiger partial charge >= 0.3 is 0 Å². The van der Waals surface area contributed by atoms with Crippen molar-refractivity contribution in [3.05, 3.63) is 35.9 Å². The van der Waals surface area contributed by atoms with E-state index < -0.39 is 5.41 Å². The maximum absolute atomic E-state index is 12.2. The van der Waals surface area contributed by atoms with Gasteiger partial charge in [0.05, 0.1) is 5.41 Å². The maximum atomic E-state index is 12.2. The second-order valence-electron chi connectivity index (χ2n) is 5.04. The quantitative estimate of drug-likeness (QED) is 0.798. The van der Waals surface area contributed by atoms with Crippen LogP contribution in [-0.2, 0) is 10.2 Å². The first-order valence-electron chi connectivity index (χ1n) is 6.46. The predicted molar refractivity (Wildman–Crippen MR) is 80.1 cm³/mol. The number of alkyl halides is 1. The van der Waals surface area contributed by atoms with E-state index in [9.17, 15) is 4.79 Å². The summed E-state index contributed by atoms with van der Waals surface area (Å²) in [7, 11) is 0. The molecule has 0 fully saturated rings. The lowest BCUT2D eigenvalue weighted by atomic mass is 9.84. The van der Waals surface area contributed by atoms with Crippen molar-refractivity contribution in [1.82, 2.24) is 5.32 Å². The van der Waals surface area contributed by atoms with Gasteiger partial charge < -0.3 is 5.32 Å². The summed E-state index contributed by atoms with van der Waals surface area (Å²) in [4.78, 5) is 12.7. The lowest BCUT2D eigenvalue weighted by Gasteiger charge is -2.24. The van der Waals surface area contributed by atoms with Crippen molar-refractivity contribution in [1.29, 1.82) is 0 Å². The molecule has 0 saturated carbocycles. The number of rotatable bonds is 6. The minimum Gasteiger partial charge on any atom is -0.355 e. The van der Waals surface area contributed by atoms with Gasteiger partial charge in [0.1, 0.15) is 0 Å². The number of carbonyl (C=O) groups is 1. The molecule has 2 nitrogen and oxygen atoms in total. The van der Waals surface area contributed by atoms with Crippen molar-refractivity contribution in [2.45, 2.75) is 43.9 Å². The third-order valence-electron chi connectivity index (χ3n) is 3.25. The van der Waals surface area contributed by atoms with Crippen LogP contribution in [0.3, 0.4) is 0 Å². The Morgan fingerprint density at radius 3 is 2.50 bits per heavy atom. The Balaban J connectivity index is 2.55. The molecule has 0 aliphatic heterocycles. The van der Waals surface area contributed by atoms with Gasteiger partial charge in [0, 0.05) is 11.4 Å². The lowest BCUT2D eigenvalue weighted by Crippen LogP contribution is -2.40. The highest BCUT2D eigenvalue weighted by Crippen LogP contribution is 2.22. The summed E-state index contributed by atoms with van der Waals surface area (Å²) in [5.41, 5.74) is 0.573.